The smallest absolute Gasteiger partial charge is 0.409 e. The van der Waals surface area contributed by atoms with Gasteiger partial charge in [0, 0.05) is 45.1 Å². The van der Waals surface area contributed by atoms with E-state index in [-0.39, 0.29) is 12.0 Å². The molecular formula is C21H27N3O6. The Morgan fingerprint density at radius 1 is 1.10 bits per heavy atom. The molecule has 0 N–H and O–H groups in total. The van der Waals surface area contributed by atoms with Crippen LogP contribution in [0.3, 0.4) is 0 Å². The van der Waals surface area contributed by atoms with Crippen LogP contribution in [0.1, 0.15) is 19.2 Å². The van der Waals surface area contributed by atoms with Gasteiger partial charge in [-0.3, -0.25) is 4.79 Å². The number of oxazole rings is 1. The Labute approximate surface area is 175 Å². The first-order chi connectivity index (χ1) is 14.5. The van der Waals surface area contributed by atoms with Crippen LogP contribution in [-0.2, 0) is 16.0 Å². The maximum absolute atomic E-state index is 12.5. The van der Waals surface area contributed by atoms with Crippen LogP contribution in [0.5, 0.6) is 11.5 Å². The number of hydrogen-bond donors (Lipinski definition) is 0. The van der Waals surface area contributed by atoms with Crippen molar-refractivity contribution in [3.05, 3.63) is 30.3 Å². The summed E-state index contributed by atoms with van der Waals surface area (Å²) in [4.78, 5) is 31.9. The topological polar surface area (TPSA) is 94.3 Å². The molecule has 0 aliphatic carbocycles. The van der Waals surface area contributed by atoms with E-state index in [1.54, 1.807) is 43.2 Å². The normalized spacial score (nSPS) is 13.8. The summed E-state index contributed by atoms with van der Waals surface area (Å²) in [5.41, 5.74) is 0.762. The molecule has 1 aliphatic rings. The van der Waals surface area contributed by atoms with Crippen molar-refractivity contribution < 1.29 is 28.2 Å². The van der Waals surface area contributed by atoms with E-state index >= 15 is 0 Å². The molecule has 162 valence electrons. The first-order valence-electron chi connectivity index (χ1n) is 9.92. The van der Waals surface area contributed by atoms with Gasteiger partial charge in [0.05, 0.1) is 32.6 Å². The second-order valence-electron chi connectivity index (χ2n) is 6.75. The molecule has 1 aliphatic heterocycles. The zero-order valence-corrected chi connectivity index (χ0v) is 17.6. The molecule has 1 fully saturated rings. The van der Waals surface area contributed by atoms with Crippen molar-refractivity contribution in [3.63, 3.8) is 0 Å². The van der Waals surface area contributed by atoms with Crippen molar-refractivity contribution in [3.8, 4) is 22.8 Å². The second-order valence-corrected chi connectivity index (χ2v) is 6.75. The minimum absolute atomic E-state index is 0.0142. The van der Waals surface area contributed by atoms with Crippen molar-refractivity contribution in [1.29, 1.82) is 0 Å². The van der Waals surface area contributed by atoms with Gasteiger partial charge in [-0.05, 0) is 19.1 Å². The van der Waals surface area contributed by atoms with Gasteiger partial charge in [-0.2, -0.15) is 0 Å². The van der Waals surface area contributed by atoms with Gasteiger partial charge >= 0.3 is 6.09 Å². The molecule has 3 rings (SSSR count). The minimum Gasteiger partial charge on any atom is -0.497 e. The third kappa shape index (κ3) is 5.03. The molecule has 1 aromatic heterocycles. The number of nitrogens with zero attached hydrogens (tertiary/aromatic N) is 3. The van der Waals surface area contributed by atoms with Gasteiger partial charge in [0.15, 0.2) is 11.7 Å². The van der Waals surface area contributed by atoms with Gasteiger partial charge in [0.25, 0.3) is 0 Å². The Bertz CT molecular complexity index is 873. The highest BCUT2D eigenvalue weighted by Crippen LogP contribution is 2.33. The molecule has 0 saturated carbocycles. The van der Waals surface area contributed by atoms with E-state index in [9.17, 15) is 9.59 Å². The molecule has 1 saturated heterocycles. The Balaban J connectivity index is 1.54. The van der Waals surface area contributed by atoms with Gasteiger partial charge in [-0.1, -0.05) is 0 Å². The molecular weight excluding hydrogens is 390 g/mol. The number of ether oxygens (including phenoxy) is 3. The molecule has 0 bridgehead atoms. The number of piperazine rings is 1. The predicted octanol–water partition coefficient (Wildman–Crippen LogP) is 2.59. The van der Waals surface area contributed by atoms with Gasteiger partial charge in [-0.15, -0.1) is 0 Å². The SMILES string of the molecule is CCOC(=O)N1CCN(C(=O)CCc2ncc(-c3ccc(OC)cc3OC)o2)CC1. The van der Waals surface area contributed by atoms with Crippen LogP contribution < -0.4 is 9.47 Å². The summed E-state index contributed by atoms with van der Waals surface area (Å²) in [6.07, 6.45) is 1.99. The number of aromatic nitrogens is 1. The lowest BCUT2D eigenvalue weighted by Gasteiger charge is -2.34. The molecule has 0 atom stereocenters. The first kappa shape index (κ1) is 21.5. The molecule has 9 nitrogen and oxygen atoms in total. The van der Waals surface area contributed by atoms with Crippen LogP contribution in [0.4, 0.5) is 4.79 Å². The second kappa shape index (κ2) is 10.00. The monoisotopic (exact) mass is 417 g/mol. The summed E-state index contributed by atoms with van der Waals surface area (Å²) in [7, 11) is 3.17. The van der Waals surface area contributed by atoms with E-state index in [4.69, 9.17) is 18.6 Å². The average Bonchev–Trinajstić information content (AvgIpc) is 3.26. The van der Waals surface area contributed by atoms with Crippen LogP contribution in [0.25, 0.3) is 11.3 Å². The van der Waals surface area contributed by atoms with Gasteiger partial charge in [0.1, 0.15) is 11.5 Å². The van der Waals surface area contributed by atoms with Crippen molar-refractivity contribution in [2.75, 3.05) is 47.0 Å². The van der Waals surface area contributed by atoms with Gasteiger partial charge < -0.3 is 28.4 Å². The summed E-state index contributed by atoms with van der Waals surface area (Å²) in [5.74, 6) is 2.37. The van der Waals surface area contributed by atoms with Crippen LogP contribution in [-0.4, -0.2) is 73.8 Å². The molecule has 2 heterocycles. The standard InChI is InChI=1S/C21H27N3O6/c1-4-29-21(26)24-11-9-23(10-12-24)20(25)8-7-19-22-14-18(30-19)16-6-5-15(27-2)13-17(16)28-3/h5-6,13-14H,4,7-12H2,1-3H3. The zero-order chi connectivity index (χ0) is 21.5. The van der Waals surface area contributed by atoms with Crippen LogP contribution in [0, 0.1) is 0 Å². The molecule has 0 radical (unpaired) electrons. The average molecular weight is 417 g/mol. The number of amides is 2. The van der Waals surface area contributed by atoms with Crippen molar-refractivity contribution >= 4 is 12.0 Å². The molecule has 30 heavy (non-hydrogen) atoms. The van der Waals surface area contributed by atoms with Crippen molar-refractivity contribution in [1.82, 2.24) is 14.8 Å². The molecule has 2 amide bonds. The highest BCUT2D eigenvalue weighted by atomic mass is 16.6. The maximum atomic E-state index is 12.5. The quantitative estimate of drug-likeness (QED) is 0.683. The summed E-state index contributed by atoms with van der Waals surface area (Å²) >= 11 is 0. The van der Waals surface area contributed by atoms with E-state index in [1.807, 2.05) is 12.1 Å². The summed E-state index contributed by atoms with van der Waals surface area (Å²) < 4.78 is 21.4. The zero-order valence-electron chi connectivity index (χ0n) is 17.6. The number of rotatable bonds is 7. The summed E-state index contributed by atoms with van der Waals surface area (Å²) in [6, 6.07) is 5.44. The fourth-order valence-electron chi connectivity index (χ4n) is 3.28. The van der Waals surface area contributed by atoms with Crippen LogP contribution in [0.15, 0.2) is 28.8 Å². The fourth-order valence-corrected chi connectivity index (χ4v) is 3.28. The number of methoxy groups -OCH3 is 2. The van der Waals surface area contributed by atoms with Crippen LogP contribution in [0.2, 0.25) is 0 Å². The lowest BCUT2D eigenvalue weighted by Crippen LogP contribution is -2.50. The Kier molecular flexibility index (Phi) is 7.16. The third-order valence-electron chi connectivity index (χ3n) is 4.94. The Hall–Kier alpha value is -3.23. The van der Waals surface area contributed by atoms with E-state index in [2.05, 4.69) is 4.98 Å². The summed E-state index contributed by atoms with van der Waals surface area (Å²) in [6.45, 7) is 4.07. The number of carbonyl (C=O) groups is 2. The number of benzene rings is 1. The molecule has 2 aromatic rings. The molecule has 1 aromatic carbocycles. The van der Waals surface area contributed by atoms with E-state index in [0.717, 1.165) is 5.56 Å². The molecule has 0 spiro atoms. The highest BCUT2D eigenvalue weighted by Gasteiger charge is 2.25. The summed E-state index contributed by atoms with van der Waals surface area (Å²) in [5, 5.41) is 0. The lowest BCUT2D eigenvalue weighted by atomic mass is 10.1. The third-order valence-corrected chi connectivity index (χ3v) is 4.94. The lowest BCUT2D eigenvalue weighted by molar-refractivity contribution is -0.132. The van der Waals surface area contributed by atoms with Gasteiger partial charge in [-0.25, -0.2) is 9.78 Å². The highest BCUT2D eigenvalue weighted by molar-refractivity contribution is 5.77. The van der Waals surface area contributed by atoms with Gasteiger partial charge in [0.2, 0.25) is 5.91 Å². The molecule has 9 heteroatoms. The van der Waals surface area contributed by atoms with Crippen molar-refractivity contribution in [2.24, 2.45) is 0 Å². The Morgan fingerprint density at radius 2 is 1.83 bits per heavy atom. The van der Waals surface area contributed by atoms with E-state index in [0.29, 0.717) is 68.8 Å². The minimum atomic E-state index is -0.328. The van der Waals surface area contributed by atoms with E-state index in [1.165, 1.54) is 0 Å². The largest absolute Gasteiger partial charge is 0.497 e. The first-order valence-corrected chi connectivity index (χ1v) is 9.92. The number of aryl methyl sites for hydroxylation is 1. The Morgan fingerprint density at radius 3 is 2.50 bits per heavy atom. The van der Waals surface area contributed by atoms with E-state index < -0.39 is 0 Å². The van der Waals surface area contributed by atoms with Crippen LogP contribution >= 0.6 is 0 Å². The fraction of sp³-hybridized carbons (Fsp3) is 0.476. The number of hydrogen-bond acceptors (Lipinski definition) is 7. The molecule has 0 unspecified atom stereocenters. The number of carbonyl (C=O) groups excluding carboxylic acids is 2. The predicted molar refractivity (Wildman–Crippen MR) is 109 cm³/mol. The van der Waals surface area contributed by atoms with Crippen molar-refractivity contribution in [2.45, 2.75) is 19.8 Å². The maximum Gasteiger partial charge on any atom is 0.409 e.